The zero-order valence-electron chi connectivity index (χ0n) is 27.2. The van der Waals surface area contributed by atoms with Crippen LogP contribution in [0, 0.1) is 6.92 Å². The lowest BCUT2D eigenvalue weighted by Crippen LogP contribution is -2.02. The highest BCUT2D eigenvalue weighted by Crippen LogP contribution is 2.36. The van der Waals surface area contributed by atoms with Crippen LogP contribution in [0.3, 0.4) is 0 Å². The number of fused-ring (bicyclic) bond motifs is 2. The third-order valence-electron chi connectivity index (χ3n) is 9.04. The van der Waals surface area contributed by atoms with Gasteiger partial charge >= 0.3 is 0 Å². The molecule has 8 aromatic rings. The van der Waals surface area contributed by atoms with Crippen LogP contribution in [0.2, 0.25) is 0 Å². The Morgan fingerprint density at radius 1 is 0.490 bits per heavy atom. The van der Waals surface area contributed by atoms with E-state index in [1.165, 1.54) is 5.56 Å². The number of hydrogen-bond donors (Lipinski definition) is 0. The number of nitrogens with zero attached hydrogens (tertiary/aromatic N) is 2. The van der Waals surface area contributed by atoms with E-state index in [0.29, 0.717) is 11.1 Å². The Kier molecular flexibility index (Phi) is 7.75. The van der Waals surface area contributed by atoms with Gasteiger partial charge in [-0.25, -0.2) is 9.97 Å². The largest absolute Gasteiger partial charge is 0.497 e. The molecular weight excluding hydrogens is 601 g/mol. The lowest BCUT2D eigenvalue weighted by Gasteiger charge is -2.13. The molecule has 2 heterocycles. The maximum absolute atomic E-state index is 14.2. The summed E-state index contributed by atoms with van der Waals surface area (Å²) in [5.41, 5.74) is 12.1. The van der Waals surface area contributed by atoms with E-state index in [1.54, 1.807) is 7.11 Å². The van der Waals surface area contributed by atoms with Crippen molar-refractivity contribution in [1.29, 1.82) is 0 Å². The van der Waals surface area contributed by atoms with Crippen LogP contribution >= 0.6 is 0 Å². The Hall–Kier alpha value is -6.39. The number of pyridine rings is 2. The summed E-state index contributed by atoms with van der Waals surface area (Å²) in [5.74, 6) is 0.742. The molecule has 0 aliphatic carbocycles. The quantitative estimate of drug-likeness (QED) is 0.164. The maximum atomic E-state index is 14.2. The molecular formula is C45H32N2O2. The SMILES string of the molecule is COc1ccc(-c2cc(-c3ccccc3)c3cc(C(=O)c4ccc5nc(-c6ccc(C)cc6)cc(-c6ccccc6)c5c4)ccc3n2)cc1. The summed E-state index contributed by atoms with van der Waals surface area (Å²) in [4.78, 5) is 24.3. The van der Waals surface area contributed by atoms with Gasteiger partial charge in [0, 0.05) is 33.0 Å². The van der Waals surface area contributed by atoms with Crippen molar-refractivity contribution in [3.63, 3.8) is 0 Å². The predicted molar refractivity (Wildman–Crippen MR) is 200 cm³/mol. The topological polar surface area (TPSA) is 52.1 Å². The molecule has 234 valence electrons. The van der Waals surface area contributed by atoms with Gasteiger partial charge in [-0.3, -0.25) is 4.79 Å². The monoisotopic (exact) mass is 632 g/mol. The molecule has 0 amide bonds. The predicted octanol–water partition coefficient (Wildman–Crippen LogP) is 11.0. The fourth-order valence-electron chi connectivity index (χ4n) is 6.40. The standard InChI is InChI=1S/C45H32N2O2/c1-29-13-15-32(16-14-29)43-27-37(30-9-5-3-6-10-30)39-25-34(19-23-41(39)46-43)45(48)35-20-24-42-40(26-35)38(31-11-7-4-8-12-31)28-44(47-42)33-17-21-36(49-2)22-18-33/h3-28H,1-2H3. The first-order chi connectivity index (χ1) is 24.0. The molecule has 0 radical (unpaired) electrons. The Morgan fingerprint density at radius 3 is 1.39 bits per heavy atom. The normalized spacial score (nSPS) is 11.1. The molecule has 0 N–H and O–H groups in total. The van der Waals surface area contributed by atoms with Crippen LogP contribution in [0.15, 0.2) is 158 Å². The van der Waals surface area contributed by atoms with Gasteiger partial charge in [-0.2, -0.15) is 0 Å². The lowest BCUT2D eigenvalue weighted by molar-refractivity contribution is 0.103. The molecule has 0 aliphatic heterocycles. The van der Waals surface area contributed by atoms with E-state index in [-0.39, 0.29) is 5.78 Å². The van der Waals surface area contributed by atoms with Crippen LogP contribution in [-0.4, -0.2) is 22.9 Å². The Labute approximate surface area is 285 Å². The van der Waals surface area contributed by atoms with Gasteiger partial charge in [-0.15, -0.1) is 0 Å². The average molecular weight is 633 g/mol. The number of methoxy groups -OCH3 is 1. The van der Waals surface area contributed by atoms with Crippen molar-refractivity contribution in [3.05, 3.63) is 174 Å². The van der Waals surface area contributed by atoms with Crippen molar-refractivity contribution in [2.24, 2.45) is 0 Å². The number of benzene rings is 6. The van der Waals surface area contributed by atoms with Crippen molar-refractivity contribution in [1.82, 2.24) is 9.97 Å². The zero-order chi connectivity index (χ0) is 33.3. The molecule has 0 saturated heterocycles. The zero-order valence-corrected chi connectivity index (χ0v) is 27.2. The summed E-state index contributed by atoms with van der Waals surface area (Å²) < 4.78 is 5.36. The highest BCUT2D eigenvalue weighted by Gasteiger charge is 2.17. The fourth-order valence-corrected chi connectivity index (χ4v) is 6.40. The number of carbonyl (C=O) groups is 1. The van der Waals surface area contributed by atoms with Crippen LogP contribution in [0.1, 0.15) is 21.5 Å². The molecule has 0 bridgehead atoms. The van der Waals surface area contributed by atoms with Crippen molar-refractivity contribution >= 4 is 27.6 Å². The van der Waals surface area contributed by atoms with Crippen LogP contribution in [0.4, 0.5) is 0 Å². The third-order valence-corrected chi connectivity index (χ3v) is 9.04. The molecule has 4 nitrogen and oxygen atoms in total. The molecule has 6 aromatic carbocycles. The molecule has 0 aliphatic rings. The third kappa shape index (κ3) is 5.85. The maximum Gasteiger partial charge on any atom is 0.193 e. The van der Waals surface area contributed by atoms with Gasteiger partial charge in [0.25, 0.3) is 0 Å². The van der Waals surface area contributed by atoms with Gasteiger partial charge in [-0.05, 0) is 102 Å². The van der Waals surface area contributed by atoms with E-state index in [1.807, 2.05) is 97.1 Å². The number of aromatic nitrogens is 2. The van der Waals surface area contributed by atoms with Gasteiger partial charge < -0.3 is 4.74 Å². The minimum atomic E-state index is -0.0522. The smallest absolute Gasteiger partial charge is 0.193 e. The van der Waals surface area contributed by atoms with E-state index in [9.17, 15) is 4.79 Å². The van der Waals surface area contributed by atoms with E-state index in [4.69, 9.17) is 14.7 Å². The number of carbonyl (C=O) groups excluding carboxylic acids is 1. The minimum Gasteiger partial charge on any atom is -0.497 e. The molecule has 0 unspecified atom stereocenters. The minimum absolute atomic E-state index is 0.0522. The van der Waals surface area contributed by atoms with Crippen molar-refractivity contribution in [2.45, 2.75) is 6.92 Å². The van der Waals surface area contributed by atoms with E-state index in [2.05, 4.69) is 67.6 Å². The van der Waals surface area contributed by atoms with E-state index < -0.39 is 0 Å². The van der Waals surface area contributed by atoms with Crippen molar-refractivity contribution < 1.29 is 9.53 Å². The summed E-state index contributed by atoms with van der Waals surface area (Å²) in [6.07, 6.45) is 0. The first-order valence-electron chi connectivity index (χ1n) is 16.3. The molecule has 2 aromatic heterocycles. The molecule has 0 saturated carbocycles. The molecule has 49 heavy (non-hydrogen) atoms. The van der Waals surface area contributed by atoms with Gasteiger partial charge in [0.1, 0.15) is 5.75 Å². The Morgan fingerprint density at radius 2 is 0.939 bits per heavy atom. The average Bonchev–Trinajstić information content (AvgIpc) is 3.17. The number of ether oxygens (including phenoxy) is 1. The molecule has 0 atom stereocenters. The number of ketones is 1. The highest BCUT2D eigenvalue weighted by molar-refractivity contribution is 6.14. The van der Waals surface area contributed by atoms with Crippen LogP contribution in [-0.2, 0) is 0 Å². The number of hydrogen-bond acceptors (Lipinski definition) is 4. The summed E-state index contributed by atoms with van der Waals surface area (Å²) in [6.45, 7) is 2.08. The second kappa shape index (κ2) is 12.7. The summed E-state index contributed by atoms with van der Waals surface area (Å²) in [6, 6.07) is 52.8. The molecule has 0 fully saturated rings. The fraction of sp³-hybridized carbons (Fsp3) is 0.0444. The van der Waals surface area contributed by atoms with Gasteiger partial charge in [0.2, 0.25) is 0 Å². The van der Waals surface area contributed by atoms with Crippen LogP contribution < -0.4 is 4.74 Å². The summed E-state index contributed by atoms with van der Waals surface area (Å²) >= 11 is 0. The highest BCUT2D eigenvalue weighted by atomic mass is 16.5. The lowest BCUT2D eigenvalue weighted by atomic mass is 9.93. The van der Waals surface area contributed by atoms with Gasteiger partial charge in [-0.1, -0.05) is 90.5 Å². The van der Waals surface area contributed by atoms with Crippen LogP contribution in [0.25, 0.3) is 66.6 Å². The van der Waals surface area contributed by atoms with Crippen molar-refractivity contribution in [3.8, 4) is 50.5 Å². The second-order valence-corrected chi connectivity index (χ2v) is 12.2. The first kappa shape index (κ1) is 30.0. The van der Waals surface area contributed by atoms with Gasteiger partial charge in [0.05, 0.1) is 29.5 Å². The molecule has 0 spiro atoms. The Bertz CT molecular complexity index is 2470. The summed E-state index contributed by atoms with van der Waals surface area (Å²) in [5, 5.41) is 1.86. The van der Waals surface area contributed by atoms with Gasteiger partial charge in [0.15, 0.2) is 5.78 Å². The number of rotatable bonds is 7. The van der Waals surface area contributed by atoms with Crippen LogP contribution in [0.5, 0.6) is 5.75 Å². The Balaban J connectivity index is 1.24. The molecule has 8 rings (SSSR count). The van der Waals surface area contributed by atoms with E-state index >= 15 is 0 Å². The summed E-state index contributed by atoms with van der Waals surface area (Å²) in [7, 11) is 1.66. The first-order valence-corrected chi connectivity index (χ1v) is 16.3. The molecule has 4 heteroatoms. The van der Waals surface area contributed by atoms with E-state index in [0.717, 1.165) is 72.3 Å². The second-order valence-electron chi connectivity index (χ2n) is 12.2. The number of aryl methyl sites for hydroxylation is 1. The van der Waals surface area contributed by atoms with Crippen molar-refractivity contribution in [2.75, 3.05) is 7.11 Å².